The van der Waals surface area contributed by atoms with Crippen LogP contribution < -0.4 is 5.32 Å². The molecule has 1 aliphatic rings. The molecule has 1 fully saturated rings. The van der Waals surface area contributed by atoms with Gasteiger partial charge in [0.25, 0.3) is 0 Å². The summed E-state index contributed by atoms with van der Waals surface area (Å²) in [5.74, 6) is 0.670. The van der Waals surface area contributed by atoms with Crippen LogP contribution in [0.1, 0.15) is 53.4 Å². The van der Waals surface area contributed by atoms with Crippen molar-refractivity contribution in [2.24, 2.45) is 11.3 Å². The summed E-state index contributed by atoms with van der Waals surface area (Å²) in [6.07, 6.45) is 4.32. The SMILES string of the molecule is CC(C)C(C)(C)CNCC1(O)CCCC1. The second kappa shape index (κ2) is 4.84. The first kappa shape index (κ1) is 13.0. The van der Waals surface area contributed by atoms with Gasteiger partial charge in [-0.3, -0.25) is 0 Å². The molecule has 0 aromatic heterocycles. The van der Waals surface area contributed by atoms with Crippen LogP contribution in [0.25, 0.3) is 0 Å². The summed E-state index contributed by atoms with van der Waals surface area (Å²) >= 11 is 0. The average molecular weight is 213 g/mol. The Balaban J connectivity index is 2.26. The van der Waals surface area contributed by atoms with Gasteiger partial charge in [0.2, 0.25) is 0 Å². The first-order chi connectivity index (χ1) is 6.86. The van der Waals surface area contributed by atoms with E-state index in [1.165, 1.54) is 12.8 Å². The van der Waals surface area contributed by atoms with E-state index in [0.717, 1.165) is 25.9 Å². The molecule has 0 bridgehead atoms. The van der Waals surface area contributed by atoms with Gasteiger partial charge in [-0.05, 0) is 24.2 Å². The van der Waals surface area contributed by atoms with Gasteiger partial charge in [-0.25, -0.2) is 0 Å². The molecule has 0 unspecified atom stereocenters. The maximum absolute atomic E-state index is 10.2. The van der Waals surface area contributed by atoms with Crippen LogP contribution in [0.5, 0.6) is 0 Å². The van der Waals surface area contributed by atoms with Crippen molar-refractivity contribution in [2.75, 3.05) is 13.1 Å². The van der Waals surface area contributed by atoms with Crippen molar-refractivity contribution in [2.45, 2.75) is 59.0 Å². The molecule has 0 atom stereocenters. The predicted molar refractivity (Wildman–Crippen MR) is 64.9 cm³/mol. The summed E-state index contributed by atoms with van der Waals surface area (Å²) < 4.78 is 0. The zero-order chi connectivity index (χ0) is 11.5. The van der Waals surface area contributed by atoms with Crippen LogP contribution in [0, 0.1) is 11.3 Å². The van der Waals surface area contributed by atoms with Crippen LogP contribution in [0.15, 0.2) is 0 Å². The van der Waals surface area contributed by atoms with Gasteiger partial charge in [0.05, 0.1) is 5.60 Å². The Bertz CT molecular complexity index is 188. The van der Waals surface area contributed by atoms with Gasteiger partial charge in [-0.1, -0.05) is 40.5 Å². The summed E-state index contributed by atoms with van der Waals surface area (Å²) in [6, 6.07) is 0. The second-order valence-electron chi connectivity index (χ2n) is 6.18. The van der Waals surface area contributed by atoms with Gasteiger partial charge in [-0.2, -0.15) is 0 Å². The molecular formula is C13H27NO. The first-order valence-corrected chi connectivity index (χ1v) is 6.29. The lowest BCUT2D eigenvalue weighted by molar-refractivity contribution is 0.0440. The zero-order valence-electron chi connectivity index (χ0n) is 10.8. The Kier molecular flexibility index (Phi) is 4.19. The molecule has 1 saturated carbocycles. The van der Waals surface area contributed by atoms with Crippen molar-refractivity contribution in [3.05, 3.63) is 0 Å². The highest BCUT2D eigenvalue weighted by Crippen LogP contribution is 2.29. The normalized spacial score (nSPS) is 21.2. The van der Waals surface area contributed by atoms with Crippen LogP contribution in [0.4, 0.5) is 0 Å². The molecule has 15 heavy (non-hydrogen) atoms. The summed E-state index contributed by atoms with van der Waals surface area (Å²) in [6.45, 7) is 10.8. The summed E-state index contributed by atoms with van der Waals surface area (Å²) in [4.78, 5) is 0. The molecule has 2 nitrogen and oxygen atoms in total. The van der Waals surface area contributed by atoms with Crippen molar-refractivity contribution in [3.63, 3.8) is 0 Å². The molecule has 1 aliphatic carbocycles. The van der Waals surface area contributed by atoms with Gasteiger partial charge in [0.1, 0.15) is 0 Å². The largest absolute Gasteiger partial charge is 0.389 e. The van der Waals surface area contributed by atoms with Gasteiger partial charge in [-0.15, -0.1) is 0 Å². The Morgan fingerprint density at radius 1 is 1.27 bits per heavy atom. The van der Waals surface area contributed by atoms with Crippen molar-refractivity contribution in [1.82, 2.24) is 5.32 Å². The Morgan fingerprint density at radius 2 is 1.80 bits per heavy atom. The van der Waals surface area contributed by atoms with E-state index in [1.807, 2.05) is 0 Å². The molecule has 0 aromatic rings. The number of hydrogen-bond acceptors (Lipinski definition) is 2. The fraction of sp³-hybridized carbons (Fsp3) is 1.00. The van der Waals surface area contributed by atoms with Crippen LogP contribution in [0.3, 0.4) is 0 Å². The zero-order valence-corrected chi connectivity index (χ0v) is 10.8. The molecule has 0 amide bonds. The second-order valence-corrected chi connectivity index (χ2v) is 6.18. The van der Waals surface area contributed by atoms with Crippen molar-refractivity contribution in [1.29, 1.82) is 0 Å². The molecular weight excluding hydrogens is 186 g/mol. The fourth-order valence-corrected chi connectivity index (χ4v) is 2.03. The molecule has 0 radical (unpaired) electrons. The molecule has 2 heteroatoms. The number of hydrogen-bond donors (Lipinski definition) is 2. The third-order valence-corrected chi connectivity index (χ3v) is 4.13. The third kappa shape index (κ3) is 3.76. The minimum absolute atomic E-state index is 0.314. The molecule has 0 aromatic carbocycles. The smallest absolute Gasteiger partial charge is 0.0771 e. The lowest BCUT2D eigenvalue weighted by Crippen LogP contribution is -2.42. The van der Waals surface area contributed by atoms with Gasteiger partial charge < -0.3 is 10.4 Å². The van der Waals surface area contributed by atoms with E-state index >= 15 is 0 Å². The Labute approximate surface area is 94.5 Å². The van der Waals surface area contributed by atoms with Crippen molar-refractivity contribution >= 4 is 0 Å². The minimum Gasteiger partial charge on any atom is -0.389 e. The van der Waals surface area contributed by atoms with Gasteiger partial charge in [0.15, 0.2) is 0 Å². The van der Waals surface area contributed by atoms with Crippen molar-refractivity contribution < 1.29 is 5.11 Å². The number of nitrogens with one attached hydrogen (secondary N) is 1. The lowest BCUT2D eigenvalue weighted by Gasteiger charge is -2.31. The van der Waals surface area contributed by atoms with E-state index in [-0.39, 0.29) is 0 Å². The third-order valence-electron chi connectivity index (χ3n) is 4.13. The van der Waals surface area contributed by atoms with Crippen LogP contribution in [0.2, 0.25) is 0 Å². The highest BCUT2D eigenvalue weighted by atomic mass is 16.3. The quantitative estimate of drug-likeness (QED) is 0.735. The van der Waals surface area contributed by atoms with E-state index in [0.29, 0.717) is 11.3 Å². The predicted octanol–water partition coefficient (Wildman–Crippen LogP) is 2.56. The van der Waals surface area contributed by atoms with E-state index in [1.54, 1.807) is 0 Å². The van der Waals surface area contributed by atoms with Gasteiger partial charge >= 0.3 is 0 Å². The molecule has 1 rings (SSSR count). The van der Waals surface area contributed by atoms with Crippen molar-refractivity contribution in [3.8, 4) is 0 Å². The van der Waals surface area contributed by atoms with Crippen LogP contribution in [-0.4, -0.2) is 23.8 Å². The number of aliphatic hydroxyl groups is 1. The number of rotatable bonds is 5. The van der Waals surface area contributed by atoms with E-state index < -0.39 is 5.60 Å². The van der Waals surface area contributed by atoms with E-state index in [2.05, 4.69) is 33.0 Å². The van der Waals surface area contributed by atoms with E-state index in [4.69, 9.17) is 0 Å². The highest BCUT2D eigenvalue weighted by molar-refractivity contribution is 4.87. The molecule has 2 N–H and O–H groups in total. The topological polar surface area (TPSA) is 32.3 Å². The maximum Gasteiger partial charge on any atom is 0.0771 e. The van der Waals surface area contributed by atoms with E-state index in [9.17, 15) is 5.11 Å². The Morgan fingerprint density at radius 3 is 2.27 bits per heavy atom. The summed E-state index contributed by atoms with van der Waals surface area (Å²) in [5, 5.41) is 13.6. The molecule has 90 valence electrons. The molecule has 0 heterocycles. The monoisotopic (exact) mass is 213 g/mol. The van der Waals surface area contributed by atoms with Gasteiger partial charge in [0, 0.05) is 13.1 Å². The molecule has 0 spiro atoms. The standard InChI is InChI=1S/C13H27NO/c1-11(2)12(3,4)9-14-10-13(15)7-5-6-8-13/h11,14-15H,5-10H2,1-4H3. The summed E-state index contributed by atoms with van der Waals surface area (Å²) in [5.41, 5.74) is -0.0952. The average Bonchev–Trinajstić information content (AvgIpc) is 2.51. The fourth-order valence-electron chi connectivity index (χ4n) is 2.03. The molecule has 0 saturated heterocycles. The van der Waals surface area contributed by atoms with Crippen LogP contribution >= 0.6 is 0 Å². The first-order valence-electron chi connectivity index (χ1n) is 6.29. The maximum atomic E-state index is 10.2. The van der Waals surface area contributed by atoms with Crippen LogP contribution in [-0.2, 0) is 0 Å². The Hall–Kier alpha value is -0.0800. The lowest BCUT2D eigenvalue weighted by atomic mass is 9.81. The summed E-state index contributed by atoms with van der Waals surface area (Å²) in [7, 11) is 0. The minimum atomic E-state index is -0.410. The highest BCUT2D eigenvalue weighted by Gasteiger charge is 2.31. The molecule has 0 aliphatic heterocycles.